The molecular formula is C29H26N2O4S. The van der Waals surface area contributed by atoms with Crippen LogP contribution in [-0.4, -0.2) is 24.1 Å². The standard InChI is InChI=1S/C29H26N2O4S/c1-5-35-24-15-14-19-10-6-7-11-20(19)22(24)16-25-28(33)31-27(21-12-8-9-13-23(21)34-4)26(18(3)32)17(2)30-29(31)36-25/h6-16,27H,5H2,1-4H3/b25-16-/t27-/m1/s1. The first-order valence-electron chi connectivity index (χ1n) is 11.8. The second-order valence-corrected chi connectivity index (χ2v) is 9.52. The van der Waals surface area contributed by atoms with Gasteiger partial charge in [0.05, 0.1) is 24.3 Å². The molecule has 0 saturated heterocycles. The topological polar surface area (TPSA) is 69.9 Å². The first-order chi connectivity index (χ1) is 17.4. The number of carbonyl (C=O) groups excluding carboxylic acids is 1. The Bertz CT molecular complexity index is 1710. The number of para-hydroxylation sites is 1. The lowest BCUT2D eigenvalue weighted by molar-refractivity contribution is -0.114. The Hall–Kier alpha value is -3.97. The maximum atomic E-state index is 13.9. The van der Waals surface area contributed by atoms with E-state index in [1.165, 1.54) is 18.3 Å². The summed E-state index contributed by atoms with van der Waals surface area (Å²) in [7, 11) is 1.59. The van der Waals surface area contributed by atoms with Crippen molar-refractivity contribution >= 4 is 34.0 Å². The zero-order chi connectivity index (χ0) is 25.4. The Morgan fingerprint density at radius 2 is 1.83 bits per heavy atom. The van der Waals surface area contributed by atoms with Gasteiger partial charge in [-0.2, -0.15) is 0 Å². The molecule has 2 heterocycles. The third-order valence-electron chi connectivity index (χ3n) is 6.34. The summed E-state index contributed by atoms with van der Waals surface area (Å²) in [4.78, 5) is 31.9. The zero-order valence-electron chi connectivity index (χ0n) is 20.6. The molecule has 3 aromatic carbocycles. The second-order valence-electron chi connectivity index (χ2n) is 8.51. The van der Waals surface area contributed by atoms with E-state index in [0.717, 1.165) is 21.9 Å². The lowest BCUT2D eigenvalue weighted by Gasteiger charge is -2.25. The first kappa shape index (κ1) is 23.8. The smallest absolute Gasteiger partial charge is 0.271 e. The number of carbonyl (C=O) groups is 1. The number of Topliss-reactive ketones (excluding diaryl/α,β-unsaturated/α-hetero) is 1. The predicted octanol–water partition coefficient (Wildman–Crippen LogP) is 4.38. The largest absolute Gasteiger partial charge is 0.496 e. The van der Waals surface area contributed by atoms with Crippen molar-refractivity contribution < 1.29 is 14.3 Å². The van der Waals surface area contributed by atoms with Gasteiger partial charge in [0.15, 0.2) is 10.6 Å². The fourth-order valence-electron chi connectivity index (χ4n) is 4.79. The van der Waals surface area contributed by atoms with E-state index in [1.807, 2.05) is 80.6 Å². The minimum Gasteiger partial charge on any atom is -0.496 e. The number of rotatable bonds is 6. The lowest BCUT2D eigenvalue weighted by Crippen LogP contribution is -2.39. The van der Waals surface area contributed by atoms with Crippen LogP contribution in [0.5, 0.6) is 11.5 Å². The van der Waals surface area contributed by atoms with E-state index in [-0.39, 0.29) is 11.3 Å². The highest BCUT2D eigenvalue weighted by molar-refractivity contribution is 7.07. The van der Waals surface area contributed by atoms with E-state index in [1.54, 1.807) is 11.7 Å². The van der Waals surface area contributed by atoms with Gasteiger partial charge in [-0.15, -0.1) is 0 Å². The van der Waals surface area contributed by atoms with Gasteiger partial charge in [-0.05, 0) is 49.8 Å². The van der Waals surface area contributed by atoms with Crippen LogP contribution in [-0.2, 0) is 4.79 Å². The van der Waals surface area contributed by atoms with Gasteiger partial charge in [-0.25, -0.2) is 4.99 Å². The molecule has 7 heteroatoms. The van der Waals surface area contributed by atoms with Gasteiger partial charge in [0.2, 0.25) is 0 Å². The van der Waals surface area contributed by atoms with Gasteiger partial charge in [0, 0.05) is 22.4 Å². The highest BCUT2D eigenvalue weighted by Crippen LogP contribution is 2.35. The molecule has 1 atom stereocenters. The number of ketones is 1. The van der Waals surface area contributed by atoms with Crippen molar-refractivity contribution in [3.05, 3.63) is 103 Å². The van der Waals surface area contributed by atoms with Crippen LogP contribution in [0.15, 0.2) is 81.7 Å². The Balaban J connectivity index is 1.82. The Morgan fingerprint density at radius 3 is 2.58 bits per heavy atom. The summed E-state index contributed by atoms with van der Waals surface area (Å²) in [6.07, 6.45) is 1.88. The van der Waals surface area contributed by atoms with Gasteiger partial charge >= 0.3 is 0 Å². The second kappa shape index (κ2) is 9.59. The molecule has 0 spiro atoms. The lowest BCUT2D eigenvalue weighted by atomic mass is 9.93. The molecule has 0 bridgehead atoms. The van der Waals surface area contributed by atoms with Gasteiger partial charge in [0.1, 0.15) is 11.5 Å². The van der Waals surface area contributed by atoms with Crippen molar-refractivity contribution in [2.45, 2.75) is 26.8 Å². The van der Waals surface area contributed by atoms with E-state index in [2.05, 4.69) is 4.99 Å². The number of nitrogens with zero attached hydrogens (tertiary/aromatic N) is 2. The molecule has 6 nitrogen and oxygen atoms in total. The summed E-state index contributed by atoms with van der Waals surface area (Å²) in [5.74, 6) is 1.19. The molecule has 4 aromatic rings. The molecule has 182 valence electrons. The number of aromatic nitrogens is 1. The average molecular weight is 499 g/mol. The highest BCUT2D eigenvalue weighted by Gasteiger charge is 2.32. The molecule has 0 radical (unpaired) electrons. The van der Waals surface area contributed by atoms with Crippen molar-refractivity contribution in [2.24, 2.45) is 4.99 Å². The predicted molar refractivity (Wildman–Crippen MR) is 143 cm³/mol. The third kappa shape index (κ3) is 3.95. The van der Waals surface area contributed by atoms with Crippen molar-refractivity contribution in [3.63, 3.8) is 0 Å². The SMILES string of the molecule is CCOc1ccc2ccccc2c1/C=c1\sc2n(c1=O)[C@H](c1ccccc1OC)C(C(C)=O)=C(C)N=2. The summed E-state index contributed by atoms with van der Waals surface area (Å²) in [5.41, 5.74) is 2.46. The monoisotopic (exact) mass is 498 g/mol. The van der Waals surface area contributed by atoms with Gasteiger partial charge in [-0.3, -0.25) is 14.2 Å². The number of hydrogen-bond acceptors (Lipinski definition) is 6. The van der Waals surface area contributed by atoms with E-state index in [9.17, 15) is 9.59 Å². The number of methoxy groups -OCH3 is 1. The summed E-state index contributed by atoms with van der Waals surface area (Å²) >= 11 is 1.31. The summed E-state index contributed by atoms with van der Waals surface area (Å²) in [6, 6.07) is 18.8. The molecule has 0 amide bonds. The molecule has 0 fully saturated rings. The number of thiazole rings is 1. The number of hydrogen-bond donors (Lipinski definition) is 0. The van der Waals surface area contributed by atoms with Crippen LogP contribution in [0.25, 0.3) is 16.8 Å². The number of benzene rings is 3. The molecule has 36 heavy (non-hydrogen) atoms. The fraction of sp³-hybridized carbons (Fsp3) is 0.207. The van der Waals surface area contributed by atoms with Crippen molar-refractivity contribution in [3.8, 4) is 11.5 Å². The van der Waals surface area contributed by atoms with Gasteiger partial charge in [0.25, 0.3) is 5.56 Å². The van der Waals surface area contributed by atoms with E-state index < -0.39 is 6.04 Å². The van der Waals surface area contributed by atoms with Crippen LogP contribution in [0.2, 0.25) is 0 Å². The number of fused-ring (bicyclic) bond motifs is 2. The first-order valence-corrected chi connectivity index (χ1v) is 12.6. The van der Waals surface area contributed by atoms with Gasteiger partial charge in [-0.1, -0.05) is 59.9 Å². The fourth-order valence-corrected chi connectivity index (χ4v) is 5.82. The van der Waals surface area contributed by atoms with Crippen LogP contribution in [0, 0.1) is 0 Å². The molecule has 0 unspecified atom stereocenters. The quantitative estimate of drug-likeness (QED) is 0.396. The molecule has 0 saturated carbocycles. The van der Waals surface area contributed by atoms with Crippen molar-refractivity contribution in [1.29, 1.82) is 0 Å². The van der Waals surface area contributed by atoms with Crippen molar-refractivity contribution in [2.75, 3.05) is 13.7 Å². The number of allylic oxidation sites excluding steroid dienone is 2. The van der Waals surface area contributed by atoms with Gasteiger partial charge < -0.3 is 9.47 Å². The van der Waals surface area contributed by atoms with E-state index in [0.29, 0.717) is 38.7 Å². The Kier molecular flexibility index (Phi) is 6.33. The third-order valence-corrected chi connectivity index (χ3v) is 7.32. The molecule has 1 aromatic heterocycles. The van der Waals surface area contributed by atoms with Crippen LogP contribution in [0.1, 0.15) is 37.9 Å². The average Bonchev–Trinajstić information content (AvgIpc) is 3.18. The molecule has 0 N–H and O–H groups in total. The van der Waals surface area contributed by atoms with Crippen molar-refractivity contribution in [1.82, 2.24) is 4.57 Å². The van der Waals surface area contributed by atoms with E-state index >= 15 is 0 Å². The zero-order valence-corrected chi connectivity index (χ0v) is 21.4. The van der Waals surface area contributed by atoms with Crippen LogP contribution in [0.3, 0.4) is 0 Å². The Labute approximate surface area is 212 Å². The minimum absolute atomic E-state index is 0.130. The summed E-state index contributed by atoms with van der Waals surface area (Å²) < 4.78 is 13.7. The van der Waals surface area contributed by atoms with Crippen LogP contribution in [0.4, 0.5) is 0 Å². The molecular weight excluding hydrogens is 472 g/mol. The molecule has 1 aliphatic heterocycles. The summed E-state index contributed by atoms with van der Waals surface area (Å²) in [6.45, 7) is 5.77. The minimum atomic E-state index is -0.629. The Morgan fingerprint density at radius 1 is 1.08 bits per heavy atom. The molecule has 5 rings (SSSR count). The van der Waals surface area contributed by atoms with Crippen LogP contribution < -0.4 is 24.4 Å². The normalized spacial score (nSPS) is 15.6. The summed E-state index contributed by atoms with van der Waals surface area (Å²) in [5, 5.41) is 2.05. The van der Waals surface area contributed by atoms with Crippen LogP contribution >= 0.6 is 11.3 Å². The maximum absolute atomic E-state index is 13.9. The molecule has 1 aliphatic rings. The molecule has 0 aliphatic carbocycles. The maximum Gasteiger partial charge on any atom is 0.271 e. The van der Waals surface area contributed by atoms with E-state index in [4.69, 9.17) is 9.47 Å². The number of ether oxygens (including phenoxy) is 2. The highest BCUT2D eigenvalue weighted by atomic mass is 32.1.